The number of imidazole rings is 1. The molecule has 0 bridgehead atoms. The minimum atomic E-state index is -0.0167. The maximum absolute atomic E-state index is 12.0. The third kappa shape index (κ3) is 3.88. The van der Waals surface area contributed by atoms with Crippen LogP contribution in [0.1, 0.15) is 12.8 Å². The highest BCUT2D eigenvalue weighted by atomic mass is 16.5. The third-order valence-corrected chi connectivity index (χ3v) is 3.57. The number of hydrogen-bond acceptors (Lipinski definition) is 3. The third-order valence-electron chi connectivity index (χ3n) is 3.57. The van der Waals surface area contributed by atoms with Crippen molar-refractivity contribution in [2.75, 3.05) is 11.9 Å². The van der Waals surface area contributed by atoms with Gasteiger partial charge in [-0.3, -0.25) is 4.79 Å². The van der Waals surface area contributed by atoms with E-state index in [1.807, 2.05) is 60.1 Å². The first-order valence-corrected chi connectivity index (χ1v) is 7.61. The van der Waals surface area contributed by atoms with E-state index in [2.05, 4.69) is 10.3 Å². The number of para-hydroxylation sites is 1. The van der Waals surface area contributed by atoms with E-state index in [0.717, 1.165) is 22.5 Å². The lowest BCUT2D eigenvalue weighted by Gasteiger charge is -2.07. The van der Waals surface area contributed by atoms with Crippen LogP contribution < -0.4 is 10.1 Å². The van der Waals surface area contributed by atoms with Crippen molar-refractivity contribution in [1.82, 2.24) is 9.55 Å². The van der Waals surface area contributed by atoms with Gasteiger partial charge >= 0.3 is 0 Å². The summed E-state index contributed by atoms with van der Waals surface area (Å²) >= 11 is 0. The molecule has 0 fully saturated rings. The van der Waals surface area contributed by atoms with E-state index in [1.54, 1.807) is 6.33 Å². The highest BCUT2D eigenvalue weighted by Crippen LogP contribution is 2.17. The second kappa shape index (κ2) is 6.96. The number of carbonyl (C=O) groups is 1. The molecule has 0 aliphatic carbocycles. The molecule has 0 aliphatic heterocycles. The van der Waals surface area contributed by atoms with Gasteiger partial charge in [0.25, 0.3) is 0 Å². The molecule has 3 aromatic rings. The zero-order valence-electron chi connectivity index (χ0n) is 13.0. The number of ether oxygens (including phenoxy) is 1. The number of benzene rings is 2. The fraction of sp³-hybridized carbons (Fsp3) is 0.222. The summed E-state index contributed by atoms with van der Waals surface area (Å²) in [5, 5.41) is 2.90. The minimum absolute atomic E-state index is 0.0167. The number of anilines is 1. The van der Waals surface area contributed by atoms with Gasteiger partial charge in [0.05, 0.1) is 24.0 Å². The maximum Gasteiger partial charge on any atom is 0.224 e. The van der Waals surface area contributed by atoms with E-state index in [4.69, 9.17) is 4.74 Å². The summed E-state index contributed by atoms with van der Waals surface area (Å²) in [5.41, 5.74) is 2.68. The Hall–Kier alpha value is -2.82. The summed E-state index contributed by atoms with van der Waals surface area (Å²) in [4.78, 5) is 16.3. The summed E-state index contributed by atoms with van der Waals surface area (Å²) in [5.74, 6) is 0.811. The van der Waals surface area contributed by atoms with Crippen LogP contribution >= 0.6 is 0 Å². The molecule has 0 radical (unpaired) electrons. The van der Waals surface area contributed by atoms with E-state index >= 15 is 0 Å². The Morgan fingerprint density at radius 2 is 2.04 bits per heavy atom. The molecule has 1 N–H and O–H groups in total. The molecule has 0 spiro atoms. The molecule has 2 aromatic carbocycles. The average Bonchev–Trinajstić information content (AvgIpc) is 2.93. The summed E-state index contributed by atoms with van der Waals surface area (Å²) < 4.78 is 7.52. The van der Waals surface area contributed by atoms with Crippen LogP contribution in [0.4, 0.5) is 5.69 Å². The van der Waals surface area contributed by atoms with Crippen molar-refractivity contribution in [3.63, 3.8) is 0 Å². The average molecular weight is 309 g/mol. The van der Waals surface area contributed by atoms with Crippen molar-refractivity contribution in [1.29, 1.82) is 0 Å². The predicted octanol–water partition coefficient (Wildman–Crippen LogP) is 3.37. The zero-order chi connectivity index (χ0) is 16.1. The smallest absolute Gasteiger partial charge is 0.224 e. The van der Waals surface area contributed by atoms with Crippen LogP contribution in [0.2, 0.25) is 0 Å². The monoisotopic (exact) mass is 309 g/mol. The standard InChI is InChI=1S/C18H19N3O2/c1-21-13-19-16-12-14(9-10-17(16)21)20-18(22)8-5-11-23-15-6-3-2-4-7-15/h2-4,6-7,9-10,12-13H,5,8,11H2,1H3,(H,20,22). The van der Waals surface area contributed by atoms with Crippen molar-refractivity contribution >= 4 is 22.6 Å². The molecule has 0 atom stereocenters. The van der Waals surface area contributed by atoms with Crippen molar-refractivity contribution in [3.05, 3.63) is 54.9 Å². The Morgan fingerprint density at radius 1 is 1.22 bits per heavy atom. The van der Waals surface area contributed by atoms with Gasteiger partial charge in [-0.15, -0.1) is 0 Å². The topological polar surface area (TPSA) is 56.2 Å². The Labute approximate surface area is 134 Å². The van der Waals surface area contributed by atoms with E-state index in [0.29, 0.717) is 19.4 Å². The number of aryl methyl sites for hydroxylation is 1. The second-order valence-corrected chi connectivity index (χ2v) is 5.37. The predicted molar refractivity (Wildman–Crippen MR) is 90.5 cm³/mol. The van der Waals surface area contributed by atoms with Crippen LogP contribution in [0.25, 0.3) is 11.0 Å². The first-order valence-electron chi connectivity index (χ1n) is 7.61. The fourth-order valence-corrected chi connectivity index (χ4v) is 2.38. The first kappa shape index (κ1) is 15.1. The summed E-state index contributed by atoms with van der Waals surface area (Å²) in [6, 6.07) is 15.3. The summed E-state index contributed by atoms with van der Waals surface area (Å²) in [6.07, 6.45) is 2.86. The molecule has 0 unspecified atom stereocenters. The SMILES string of the molecule is Cn1cnc2cc(NC(=O)CCCOc3ccccc3)ccc21. The number of amides is 1. The number of aromatic nitrogens is 2. The molecule has 3 rings (SSSR count). The fourth-order valence-electron chi connectivity index (χ4n) is 2.38. The van der Waals surface area contributed by atoms with Gasteiger partial charge in [0.15, 0.2) is 0 Å². The molecule has 1 heterocycles. The van der Waals surface area contributed by atoms with Crippen molar-refractivity contribution < 1.29 is 9.53 Å². The zero-order valence-corrected chi connectivity index (χ0v) is 13.0. The van der Waals surface area contributed by atoms with Gasteiger partial charge in [0.2, 0.25) is 5.91 Å². The lowest BCUT2D eigenvalue weighted by atomic mass is 10.2. The Balaban J connectivity index is 1.46. The largest absolute Gasteiger partial charge is 0.494 e. The van der Waals surface area contributed by atoms with Crippen LogP contribution in [-0.4, -0.2) is 22.1 Å². The molecule has 0 aliphatic rings. The molecule has 23 heavy (non-hydrogen) atoms. The van der Waals surface area contributed by atoms with Crippen LogP contribution in [0.5, 0.6) is 5.75 Å². The number of carbonyl (C=O) groups excluding carboxylic acids is 1. The van der Waals surface area contributed by atoms with Crippen LogP contribution in [0, 0.1) is 0 Å². The lowest BCUT2D eigenvalue weighted by molar-refractivity contribution is -0.116. The highest BCUT2D eigenvalue weighted by molar-refractivity contribution is 5.93. The van der Waals surface area contributed by atoms with Gasteiger partial charge in [-0.1, -0.05) is 18.2 Å². The number of rotatable bonds is 6. The maximum atomic E-state index is 12.0. The number of fused-ring (bicyclic) bond motifs is 1. The number of nitrogens with zero attached hydrogens (tertiary/aromatic N) is 2. The first-order chi connectivity index (χ1) is 11.2. The van der Waals surface area contributed by atoms with Gasteiger partial charge in [0.1, 0.15) is 5.75 Å². The van der Waals surface area contributed by atoms with Gasteiger partial charge in [-0.05, 0) is 36.8 Å². The van der Waals surface area contributed by atoms with Crippen molar-refractivity contribution in [2.45, 2.75) is 12.8 Å². The normalized spacial score (nSPS) is 10.7. The molecule has 1 amide bonds. The second-order valence-electron chi connectivity index (χ2n) is 5.37. The van der Waals surface area contributed by atoms with Crippen molar-refractivity contribution in [2.24, 2.45) is 7.05 Å². The Kier molecular flexibility index (Phi) is 4.57. The number of nitrogens with one attached hydrogen (secondary N) is 1. The van der Waals surface area contributed by atoms with E-state index in [9.17, 15) is 4.79 Å². The van der Waals surface area contributed by atoms with Gasteiger partial charge in [-0.25, -0.2) is 4.98 Å². The van der Waals surface area contributed by atoms with Gasteiger partial charge in [-0.2, -0.15) is 0 Å². The van der Waals surface area contributed by atoms with Crippen LogP contribution in [-0.2, 0) is 11.8 Å². The van der Waals surface area contributed by atoms with Crippen LogP contribution in [0.3, 0.4) is 0 Å². The Morgan fingerprint density at radius 3 is 2.87 bits per heavy atom. The van der Waals surface area contributed by atoms with E-state index in [-0.39, 0.29) is 5.91 Å². The quantitative estimate of drug-likeness (QED) is 0.710. The van der Waals surface area contributed by atoms with E-state index < -0.39 is 0 Å². The molecule has 0 saturated heterocycles. The molecular formula is C18H19N3O2. The molecule has 0 saturated carbocycles. The molecule has 1 aromatic heterocycles. The van der Waals surface area contributed by atoms with Gasteiger partial charge in [0, 0.05) is 19.2 Å². The van der Waals surface area contributed by atoms with E-state index in [1.165, 1.54) is 0 Å². The number of hydrogen-bond donors (Lipinski definition) is 1. The summed E-state index contributed by atoms with van der Waals surface area (Å²) in [7, 11) is 1.94. The van der Waals surface area contributed by atoms with Crippen LogP contribution in [0.15, 0.2) is 54.9 Å². The summed E-state index contributed by atoms with van der Waals surface area (Å²) in [6.45, 7) is 0.525. The molecular weight excluding hydrogens is 290 g/mol. The van der Waals surface area contributed by atoms with Crippen molar-refractivity contribution in [3.8, 4) is 5.75 Å². The minimum Gasteiger partial charge on any atom is -0.494 e. The van der Waals surface area contributed by atoms with Gasteiger partial charge < -0.3 is 14.6 Å². The molecule has 118 valence electrons. The lowest BCUT2D eigenvalue weighted by Crippen LogP contribution is -2.12. The molecule has 5 heteroatoms. The molecule has 5 nitrogen and oxygen atoms in total. The Bertz CT molecular complexity index is 796. The highest BCUT2D eigenvalue weighted by Gasteiger charge is 2.05.